The molecule has 5 heterocycles. The van der Waals surface area contributed by atoms with Crippen LogP contribution in [0.15, 0.2) is 69.7 Å². The Morgan fingerprint density at radius 1 is 1.28 bits per heavy atom. The lowest BCUT2D eigenvalue weighted by molar-refractivity contribution is -0.710. The van der Waals surface area contributed by atoms with Crippen molar-refractivity contribution in [3.63, 3.8) is 0 Å². The SMILES string of the molecule is CC(C1=C(C(=O)[O-])N2C(=O)C(NC(=O)C(=NOC(C)(C)C(=O)O)c3noc(N)n3)[C@@H]2SC1)[n+]1ccc2nc(-c3ccccc3)[nH]c2c1. The number of nitrogens with zero attached hydrogens (tertiary/aromatic N) is 6. The highest BCUT2D eigenvalue weighted by Crippen LogP contribution is 2.42. The molecular weight excluding hydrogens is 634 g/mol. The minimum Gasteiger partial charge on any atom is -0.543 e. The number of anilines is 1. The fourth-order valence-electron chi connectivity index (χ4n) is 5.00. The van der Waals surface area contributed by atoms with E-state index in [0.29, 0.717) is 11.4 Å². The Morgan fingerprint density at radius 2 is 2.02 bits per heavy atom. The maximum atomic E-state index is 13.4. The van der Waals surface area contributed by atoms with Gasteiger partial charge in [0.05, 0.1) is 11.7 Å². The van der Waals surface area contributed by atoms with Crippen molar-refractivity contribution in [3.05, 3.63) is 65.9 Å². The highest BCUT2D eigenvalue weighted by atomic mass is 32.2. The number of pyridine rings is 1. The van der Waals surface area contributed by atoms with E-state index in [1.54, 1.807) is 13.1 Å². The normalized spacial score (nSPS) is 18.8. The fourth-order valence-corrected chi connectivity index (χ4v) is 6.47. The van der Waals surface area contributed by atoms with Gasteiger partial charge in [-0.05, 0) is 13.8 Å². The number of carbonyl (C=O) groups excluding carboxylic acids is 3. The van der Waals surface area contributed by atoms with Crippen LogP contribution in [0.25, 0.3) is 22.4 Å². The Bertz CT molecular complexity index is 1990. The number of β-lactam (4-membered cyclic amide) rings is 1. The number of aromatic nitrogens is 5. The second-order valence-electron chi connectivity index (χ2n) is 11.1. The van der Waals surface area contributed by atoms with Gasteiger partial charge in [0, 0.05) is 29.9 Å². The molecule has 2 aliphatic heterocycles. The number of carboxylic acid groups (broad SMARTS) is 2. The lowest BCUT2D eigenvalue weighted by Gasteiger charge is -2.50. The maximum Gasteiger partial charge on any atom is 0.350 e. The number of rotatable bonds is 10. The number of hydrogen-bond acceptors (Lipinski definition) is 13. The number of imidazole rings is 1. The third-order valence-corrected chi connectivity index (χ3v) is 8.97. The van der Waals surface area contributed by atoms with Gasteiger partial charge in [-0.3, -0.25) is 14.5 Å². The Hall–Kier alpha value is -5.78. The summed E-state index contributed by atoms with van der Waals surface area (Å²) in [6, 6.07) is 9.34. The van der Waals surface area contributed by atoms with Crippen LogP contribution >= 0.6 is 11.8 Å². The number of H-pyrrole nitrogens is 1. The number of aromatic amines is 1. The molecule has 6 rings (SSSR count). The number of oxime groups is 1. The number of carboxylic acids is 2. The zero-order chi connectivity index (χ0) is 33.6. The second kappa shape index (κ2) is 11.9. The van der Waals surface area contributed by atoms with Crippen molar-refractivity contribution in [3.8, 4) is 11.4 Å². The van der Waals surface area contributed by atoms with Crippen molar-refractivity contribution >= 4 is 58.3 Å². The summed E-state index contributed by atoms with van der Waals surface area (Å²) >= 11 is 1.25. The molecule has 242 valence electrons. The molecule has 2 unspecified atom stereocenters. The minimum atomic E-state index is -1.84. The average molecular weight is 662 g/mol. The Kier molecular flexibility index (Phi) is 7.88. The molecule has 2 amide bonds. The standard InChI is InChI=1S/C29H27N9O8S/c1-13(37-10-9-16-17(11-37)32-21(31-16)14-7-5-4-6-8-14)15-12-47-25-19(24(40)38(25)20(15)26(41)42)33-23(39)18(22-34-28(30)45-36-22)35-46-29(2,3)27(43)44/h4-11,13,19,25H,12H2,1-3H3,(H5,30,33,34,36,39,41,42,43,44)/t13?,19?,25-/m0/s1. The van der Waals surface area contributed by atoms with Crippen LogP contribution in [0.3, 0.4) is 0 Å². The lowest BCUT2D eigenvalue weighted by Crippen LogP contribution is -2.72. The van der Waals surface area contributed by atoms with E-state index in [1.807, 2.05) is 47.2 Å². The summed E-state index contributed by atoms with van der Waals surface area (Å²) in [5.41, 5.74) is 5.53. The van der Waals surface area contributed by atoms with Gasteiger partial charge >= 0.3 is 12.0 Å². The number of thioether (sulfide) groups is 1. The van der Waals surface area contributed by atoms with E-state index < -0.39 is 64.4 Å². The average Bonchev–Trinajstić information content (AvgIpc) is 3.68. The van der Waals surface area contributed by atoms with Crippen LogP contribution in [0.5, 0.6) is 0 Å². The van der Waals surface area contributed by atoms with Gasteiger partial charge in [0.25, 0.3) is 11.8 Å². The molecule has 0 aliphatic carbocycles. The monoisotopic (exact) mass is 661 g/mol. The maximum absolute atomic E-state index is 13.4. The van der Waals surface area contributed by atoms with E-state index in [9.17, 15) is 29.4 Å². The second-order valence-corrected chi connectivity index (χ2v) is 12.2. The van der Waals surface area contributed by atoms with Crippen LogP contribution < -0.4 is 20.7 Å². The van der Waals surface area contributed by atoms with Crippen LogP contribution in [-0.4, -0.2) is 82.3 Å². The topological polar surface area (TPSA) is 246 Å². The van der Waals surface area contributed by atoms with E-state index in [2.05, 4.69) is 30.6 Å². The summed E-state index contributed by atoms with van der Waals surface area (Å²) in [7, 11) is 0. The molecule has 4 aromatic rings. The predicted octanol–water partition coefficient (Wildman–Crippen LogP) is -0.268. The van der Waals surface area contributed by atoms with Gasteiger partial charge in [-0.15, -0.1) is 11.8 Å². The van der Waals surface area contributed by atoms with Crippen molar-refractivity contribution in [2.24, 2.45) is 5.16 Å². The number of amides is 2. The Morgan fingerprint density at radius 3 is 2.68 bits per heavy atom. The first-order valence-corrected chi connectivity index (χ1v) is 15.2. The van der Waals surface area contributed by atoms with E-state index in [0.717, 1.165) is 21.5 Å². The molecule has 47 heavy (non-hydrogen) atoms. The molecule has 5 N–H and O–H groups in total. The largest absolute Gasteiger partial charge is 0.543 e. The Balaban J connectivity index is 1.24. The van der Waals surface area contributed by atoms with Gasteiger partial charge in [-0.1, -0.05) is 40.6 Å². The molecule has 1 saturated heterocycles. The summed E-state index contributed by atoms with van der Waals surface area (Å²) in [5.74, 6) is -4.17. The first-order chi connectivity index (χ1) is 22.4. The van der Waals surface area contributed by atoms with Crippen molar-refractivity contribution in [1.82, 2.24) is 30.3 Å². The number of nitrogen functional groups attached to an aromatic ring is 1. The number of fused-ring (bicyclic) bond motifs is 2. The van der Waals surface area contributed by atoms with Crippen LogP contribution in [0.1, 0.15) is 32.6 Å². The summed E-state index contributed by atoms with van der Waals surface area (Å²) in [6.07, 6.45) is 3.59. The first kappa shape index (κ1) is 31.2. The molecule has 0 radical (unpaired) electrons. The molecule has 0 bridgehead atoms. The summed E-state index contributed by atoms with van der Waals surface area (Å²) in [4.78, 5) is 68.4. The molecule has 18 heteroatoms. The van der Waals surface area contributed by atoms with E-state index in [1.165, 1.54) is 25.6 Å². The number of nitrogens with one attached hydrogen (secondary N) is 2. The minimum absolute atomic E-state index is 0.201. The van der Waals surface area contributed by atoms with Gasteiger partial charge in [-0.2, -0.15) is 9.55 Å². The van der Waals surface area contributed by atoms with E-state index in [4.69, 9.17) is 15.1 Å². The van der Waals surface area contributed by atoms with E-state index in [-0.39, 0.29) is 11.4 Å². The number of carbonyl (C=O) groups is 4. The number of benzene rings is 1. The van der Waals surface area contributed by atoms with Gasteiger partial charge in [-0.25, -0.2) is 9.78 Å². The molecule has 0 spiro atoms. The van der Waals surface area contributed by atoms with Gasteiger partial charge in [0.15, 0.2) is 18.4 Å². The smallest absolute Gasteiger partial charge is 0.350 e. The highest BCUT2D eigenvalue weighted by molar-refractivity contribution is 8.00. The Labute approximate surface area is 269 Å². The molecule has 2 aliphatic rings. The third-order valence-electron chi connectivity index (χ3n) is 7.67. The number of aliphatic carboxylic acids is 2. The molecule has 1 aromatic carbocycles. The van der Waals surface area contributed by atoms with Crippen molar-refractivity contribution in [2.75, 3.05) is 11.5 Å². The molecule has 1 fully saturated rings. The zero-order valence-electron chi connectivity index (χ0n) is 25.0. The van der Waals surface area contributed by atoms with Crippen LogP contribution in [0, 0.1) is 0 Å². The fraction of sp³-hybridized carbons (Fsp3) is 0.276. The summed E-state index contributed by atoms with van der Waals surface area (Å²) < 4.78 is 6.52. The summed E-state index contributed by atoms with van der Waals surface area (Å²) in [6.45, 7) is 4.20. The van der Waals surface area contributed by atoms with Crippen molar-refractivity contribution < 1.29 is 43.3 Å². The molecule has 17 nitrogen and oxygen atoms in total. The number of hydrogen-bond donors (Lipinski definition) is 4. The van der Waals surface area contributed by atoms with Gasteiger partial charge in [0.1, 0.15) is 28.3 Å². The summed E-state index contributed by atoms with van der Waals surface area (Å²) in [5, 5.41) is 30.6. The lowest BCUT2D eigenvalue weighted by atomic mass is 9.99. The van der Waals surface area contributed by atoms with Crippen LogP contribution in [-0.2, 0) is 24.0 Å². The van der Waals surface area contributed by atoms with Crippen molar-refractivity contribution in [2.45, 2.75) is 43.8 Å². The highest BCUT2D eigenvalue weighted by Gasteiger charge is 2.54. The third kappa shape index (κ3) is 5.73. The molecular formula is C29H27N9O8S. The number of nitrogens with two attached hydrogens (primary N) is 1. The first-order valence-electron chi connectivity index (χ1n) is 14.1. The molecule has 3 atom stereocenters. The zero-order valence-corrected chi connectivity index (χ0v) is 25.8. The van der Waals surface area contributed by atoms with Crippen molar-refractivity contribution in [1.29, 1.82) is 0 Å². The quantitative estimate of drug-likeness (QED) is 0.0741. The molecule has 0 saturated carbocycles. The molecule has 3 aromatic heterocycles. The van der Waals surface area contributed by atoms with E-state index >= 15 is 0 Å². The van der Waals surface area contributed by atoms with Crippen LogP contribution in [0.2, 0.25) is 0 Å². The van der Waals surface area contributed by atoms with Gasteiger partial charge < -0.3 is 40.4 Å². The van der Waals surface area contributed by atoms with Gasteiger partial charge in [0.2, 0.25) is 17.1 Å². The van der Waals surface area contributed by atoms with Crippen LogP contribution in [0.4, 0.5) is 6.01 Å². The predicted molar refractivity (Wildman–Crippen MR) is 162 cm³/mol.